The van der Waals surface area contributed by atoms with Gasteiger partial charge in [-0.15, -0.1) is 0 Å². The average molecular weight is 410 g/mol. The monoisotopic (exact) mass is 410 g/mol. The highest BCUT2D eigenvalue weighted by atomic mass is 16.6. The minimum absolute atomic E-state index is 0.0683. The van der Waals surface area contributed by atoms with Gasteiger partial charge in [-0.3, -0.25) is 14.9 Å². The number of anilines is 2. The fraction of sp³-hybridized carbons (Fsp3) is 0.476. The summed E-state index contributed by atoms with van der Waals surface area (Å²) in [5.74, 6) is 2.45. The van der Waals surface area contributed by atoms with E-state index >= 15 is 0 Å². The van der Waals surface area contributed by atoms with Crippen molar-refractivity contribution in [3.63, 3.8) is 0 Å². The van der Waals surface area contributed by atoms with Crippen molar-refractivity contribution in [2.45, 2.75) is 26.2 Å². The Hall–Kier alpha value is -3.23. The van der Waals surface area contributed by atoms with Crippen LogP contribution in [0.4, 0.5) is 17.3 Å². The van der Waals surface area contributed by atoms with E-state index in [0.717, 1.165) is 30.5 Å². The third-order valence-electron chi connectivity index (χ3n) is 5.69. The number of piperazine rings is 1. The van der Waals surface area contributed by atoms with Crippen LogP contribution in [0.5, 0.6) is 0 Å². The van der Waals surface area contributed by atoms with Crippen molar-refractivity contribution in [2.24, 2.45) is 0 Å². The first kappa shape index (κ1) is 20.1. The molecular formula is C21H26N6O3. The Balaban J connectivity index is 1.43. The summed E-state index contributed by atoms with van der Waals surface area (Å²) < 4.78 is 0. The van der Waals surface area contributed by atoms with Crippen LogP contribution in [0.1, 0.15) is 35.4 Å². The number of benzene rings is 1. The van der Waals surface area contributed by atoms with Gasteiger partial charge in [-0.05, 0) is 32.3 Å². The fourth-order valence-electron chi connectivity index (χ4n) is 4.06. The standard InChI is InChI=1S/C21H26N6O3/c1-16-22-19(24-8-3-2-4-9-24)15-20(23-16)25-10-12-26(13-11-25)21(28)17-6-5-7-18(14-17)27(29)30/h5-7,14-15H,2-4,8-13H2,1H3. The Bertz CT molecular complexity index is 936. The number of aryl methyl sites for hydroxylation is 1. The second kappa shape index (κ2) is 8.64. The molecule has 0 N–H and O–H groups in total. The van der Waals surface area contributed by atoms with Gasteiger partial charge in [0.2, 0.25) is 0 Å². The summed E-state index contributed by atoms with van der Waals surface area (Å²) in [5, 5.41) is 11.0. The van der Waals surface area contributed by atoms with Crippen molar-refractivity contribution in [1.29, 1.82) is 0 Å². The molecule has 1 amide bonds. The van der Waals surface area contributed by atoms with Gasteiger partial charge in [0, 0.05) is 63.0 Å². The number of hydrogen-bond donors (Lipinski definition) is 0. The van der Waals surface area contributed by atoms with Crippen LogP contribution in [0.25, 0.3) is 0 Å². The number of carbonyl (C=O) groups is 1. The van der Waals surface area contributed by atoms with Gasteiger partial charge in [0.1, 0.15) is 17.5 Å². The number of hydrogen-bond acceptors (Lipinski definition) is 7. The predicted molar refractivity (Wildman–Crippen MR) is 114 cm³/mol. The third kappa shape index (κ3) is 4.34. The quantitative estimate of drug-likeness (QED) is 0.565. The molecule has 0 atom stereocenters. The van der Waals surface area contributed by atoms with Crippen molar-refractivity contribution in [3.8, 4) is 0 Å². The molecule has 1 aromatic heterocycles. The van der Waals surface area contributed by atoms with Crippen LogP contribution in [-0.2, 0) is 0 Å². The van der Waals surface area contributed by atoms with Gasteiger partial charge >= 0.3 is 0 Å². The molecule has 4 rings (SSSR count). The highest BCUT2D eigenvalue weighted by Gasteiger charge is 2.25. The maximum atomic E-state index is 12.8. The van der Waals surface area contributed by atoms with E-state index in [0.29, 0.717) is 31.7 Å². The second-order valence-electron chi connectivity index (χ2n) is 7.77. The van der Waals surface area contributed by atoms with Crippen molar-refractivity contribution in [2.75, 3.05) is 49.1 Å². The van der Waals surface area contributed by atoms with Gasteiger partial charge in [0.15, 0.2) is 0 Å². The van der Waals surface area contributed by atoms with Crippen molar-refractivity contribution in [3.05, 3.63) is 51.8 Å². The lowest BCUT2D eigenvalue weighted by Crippen LogP contribution is -2.49. The minimum atomic E-state index is -0.480. The van der Waals surface area contributed by atoms with E-state index in [4.69, 9.17) is 0 Å². The number of nitro groups is 1. The van der Waals surface area contributed by atoms with Gasteiger partial charge in [-0.25, -0.2) is 9.97 Å². The smallest absolute Gasteiger partial charge is 0.270 e. The molecule has 158 valence electrons. The van der Waals surface area contributed by atoms with Crippen LogP contribution in [0.15, 0.2) is 30.3 Å². The van der Waals surface area contributed by atoms with Gasteiger partial charge in [0.05, 0.1) is 4.92 Å². The van der Waals surface area contributed by atoms with Crippen LogP contribution in [0.2, 0.25) is 0 Å². The molecule has 9 heteroatoms. The zero-order chi connectivity index (χ0) is 21.1. The van der Waals surface area contributed by atoms with E-state index in [9.17, 15) is 14.9 Å². The van der Waals surface area contributed by atoms with Crippen LogP contribution < -0.4 is 9.80 Å². The summed E-state index contributed by atoms with van der Waals surface area (Å²) >= 11 is 0. The second-order valence-corrected chi connectivity index (χ2v) is 7.77. The van der Waals surface area contributed by atoms with E-state index in [2.05, 4.69) is 25.8 Å². The normalized spacial score (nSPS) is 17.2. The molecule has 0 aliphatic carbocycles. The Morgan fingerprint density at radius 3 is 2.20 bits per heavy atom. The fourth-order valence-corrected chi connectivity index (χ4v) is 4.06. The van der Waals surface area contributed by atoms with E-state index in [-0.39, 0.29) is 11.6 Å². The number of piperidine rings is 1. The largest absolute Gasteiger partial charge is 0.356 e. The van der Waals surface area contributed by atoms with Gasteiger partial charge in [-0.2, -0.15) is 0 Å². The summed E-state index contributed by atoms with van der Waals surface area (Å²) in [4.78, 5) is 38.8. The Kier molecular flexibility index (Phi) is 5.78. The summed E-state index contributed by atoms with van der Waals surface area (Å²) in [6.45, 7) is 6.39. The lowest BCUT2D eigenvalue weighted by molar-refractivity contribution is -0.384. The number of carbonyl (C=O) groups excluding carboxylic acids is 1. The zero-order valence-electron chi connectivity index (χ0n) is 17.2. The number of nitrogens with zero attached hydrogens (tertiary/aromatic N) is 6. The molecule has 2 fully saturated rings. The zero-order valence-corrected chi connectivity index (χ0v) is 17.2. The SMILES string of the molecule is Cc1nc(N2CCCCC2)cc(N2CCN(C(=O)c3cccc([N+](=O)[O-])c3)CC2)n1. The molecule has 0 bridgehead atoms. The molecule has 1 aromatic carbocycles. The predicted octanol–water partition coefficient (Wildman–Crippen LogP) is 2.65. The molecule has 0 spiro atoms. The highest BCUT2D eigenvalue weighted by molar-refractivity contribution is 5.95. The highest BCUT2D eigenvalue weighted by Crippen LogP contribution is 2.24. The average Bonchev–Trinajstić information content (AvgIpc) is 2.79. The first-order valence-electron chi connectivity index (χ1n) is 10.4. The molecule has 2 aliphatic rings. The van der Waals surface area contributed by atoms with E-state index in [1.54, 1.807) is 17.0 Å². The van der Waals surface area contributed by atoms with Gasteiger partial charge in [-0.1, -0.05) is 6.07 Å². The molecule has 0 radical (unpaired) electrons. The van der Waals surface area contributed by atoms with E-state index < -0.39 is 4.92 Å². The maximum Gasteiger partial charge on any atom is 0.270 e. The Morgan fingerprint density at radius 2 is 1.57 bits per heavy atom. The molecule has 9 nitrogen and oxygen atoms in total. The third-order valence-corrected chi connectivity index (χ3v) is 5.69. The van der Waals surface area contributed by atoms with Crippen molar-refractivity contribution < 1.29 is 9.72 Å². The Labute approximate surface area is 175 Å². The lowest BCUT2D eigenvalue weighted by atomic mass is 10.1. The number of aromatic nitrogens is 2. The summed E-state index contributed by atoms with van der Waals surface area (Å²) in [7, 11) is 0. The molecule has 0 unspecified atom stereocenters. The van der Waals surface area contributed by atoms with Crippen LogP contribution in [0, 0.1) is 17.0 Å². The van der Waals surface area contributed by atoms with Crippen molar-refractivity contribution >= 4 is 23.2 Å². The van der Waals surface area contributed by atoms with E-state index in [1.807, 2.05) is 6.92 Å². The van der Waals surface area contributed by atoms with Crippen LogP contribution >= 0.6 is 0 Å². The van der Waals surface area contributed by atoms with Gasteiger partial charge < -0.3 is 14.7 Å². The van der Waals surface area contributed by atoms with Gasteiger partial charge in [0.25, 0.3) is 11.6 Å². The Morgan fingerprint density at radius 1 is 0.933 bits per heavy atom. The number of non-ortho nitro benzene ring substituents is 1. The molecule has 2 saturated heterocycles. The summed E-state index contributed by atoms with van der Waals surface area (Å²) in [6, 6.07) is 7.96. The van der Waals surface area contributed by atoms with E-state index in [1.165, 1.54) is 31.4 Å². The number of rotatable bonds is 4. The van der Waals surface area contributed by atoms with Crippen molar-refractivity contribution in [1.82, 2.24) is 14.9 Å². The topological polar surface area (TPSA) is 95.7 Å². The lowest BCUT2D eigenvalue weighted by Gasteiger charge is -2.36. The first-order valence-corrected chi connectivity index (χ1v) is 10.4. The number of amides is 1. The number of nitro benzene ring substituents is 1. The minimum Gasteiger partial charge on any atom is -0.356 e. The molecule has 30 heavy (non-hydrogen) atoms. The van der Waals surface area contributed by atoms with Crippen LogP contribution in [0.3, 0.4) is 0 Å². The molecule has 0 saturated carbocycles. The summed E-state index contributed by atoms with van der Waals surface area (Å²) in [6.07, 6.45) is 3.65. The van der Waals surface area contributed by atoms with Crippen LogP contribution in [-0.4, -0.2) is 65.0 Å². The molecule has 3 heterocycles. The first-order chi connectivity index (χ1) is 14.5. The molecular weight excluding hydrogens is 384 g/mol. The molecule has 2 aromatic rings. The summed E-state index contributed by atoms with van der Waals surface area (Å²) in [5.41, 5.74) is 0.282. The molecule has 2 aliphatic heterocycles. The maximum absolute atomic E-state index is 12.8.